The number of anilines is 1. The molecule has 2 aliphatic heterocycles. The van der Waals surface area contributed by atoms with E-state index in [0.717, 1.165) is 62.9 Å². The molecule has 3 aliphatic carbocycles. The average molecular weight is 787 g/mol. The van der Waals surface area contributed by atoms with Crippen LogP contribution in [-0.4, -0.2) is 93.4 Å². The minimum Gasteiger partial charge on any atom is -0.497 e. The van der Waals surface area contributed by atoms with Gasteiger partial charge < -0.3 is 40.2 Å². The predicted octanol–water partition coefficient (Wildman–Crippen LogP) is 6.20. The highest BCUT2D eigenvalue weighted by atomic mass is 32.1. The van der Waals surface area contributed by atoms with Crippen molar-refractivity contribution in [2.24, 2.45) is 5.92 Å². The number of aromatic nitrogens is 2. The molecule has 1 saturated heterocycles. The number of hydrogen-bond donors (Lipinski definition) is 4. The molecule has 14 nitrogen and oxygen atoms in total. The highest BCUT2D eigenvalue weighted by molar-refractivity contribution is 7.14. The third-order valence-electron chi connectivity index (χ3n) is 12.0. The van der Waals surface area contributed by atoms with Gasteiger partial charge in [-0.1, -0.05) is 25.0 Å². The maximum absolute atomic E-state index is 14.6. The third kappa shape index (κ3) is 8.14. The second-order valence-corrected chi connectivity index (χ2v) is 16.7. The van der Waals surface area contributed by atoms with Gasteiger partial charge in [-0.3, -0.25) is 9.59 Å². The maximum Gasteiger partial charge on any atom is 0.408 e. The molecule has 0 bridgehead atoms. The number of carbonyl (C=O) groups excluding carboxylic acids is 3. The molecule has 3 saturated carbocycles. The molecule has 0 spiro atoms. The summed E-state index contributed by atoms with van der Waals surface area (Å²) in [5.74, 6) is -1.33. The quantitative estimate of drug-likeness (QED) is 0.182. The Bertz CT molecular complexity index is 1990. The summed E-state index contributed by atoms with van der Waals surface area (Å²) in [6.45, 7) is 0.0393. The first-order valence-corrected chi connectivity index (χ1v) is 20.9. The van der Waals surface area contributed by atoms with Crippen LogP contribution in [0.2, 0.25) is 0 Å². The number of methoxy groups -OCH3 is 1. The summed E-state index contributed by atoms with van der Waals surface area (Å²) in [6.07, 6.45) is 13.2. The molecule has 3 amide bonds. The zero-order chi connectivity index (χ0) is 38.8. The summed E-state index contributed by atoms with van der Waals surface area (Å²) in [5.41, 5.74) is 0.465. The Kier molecular flexibility index (Phi) is 11.0. The number of rotatable bonds is 9. The summed E-state index contributed by atoms with van der Waals surface area (Å²) in [6, 6.07) is 5.80. The number of nitrogens with zero attached hydrogens (tertiary/aromatic N) is 3. The lowest BCUT2D eigenvalue weighted by molar-refractivity contribution is -0.145. The topological polar surface area (TPSA) is 181 Å². The number of thiazole rings is 1. The first kappa shape index (κ1) is 38.0. The van der Waals surface area contributed by atoms with Crippen LogP contribution >= 0.6 is 11.3 Å². The van der Waals surface area contributed by atoms with Crippen LogP contribution in [-0.2, 0) is 19.1 Å². The number of carboxylic acid groups (broad SMARTS) is 1. The van der Waals surface area contributed by atoms with Crippen LogP contribution in [0.4, 0.5) is 9.93 Å². The second kappa shape index (κ2) is 16.3. The molecule has 1 aromatic carbocycles. The van der Waals surface area contributed by atoms with Gasteiger partial charge in [-0.2, -0.15) is 0 Å². The normalized spacial score (nSPS) is 27.8. The van der Waals surface area contributed by atoms with Gasteiger partial charge in [-0.05, 0) is 82.8 Å². The number of carboxylic acids is 1. The van der Waals surface area contributed by atoms with Gasteiger partial charge in [0.25, 0.3) is 0 Å². The number of nitrogens with one attached hydrogen (secondary N) is 3. The number of carbonyl (C=O) groups is 4. The van der Waals surface area contributed by atoms with E-state index in [1.54, 1.807) is 7.11 Å². The Morgan fingerprint density at radius 3 is 2.57 bits per heavy atom. The van der Waals surface area contributed by atoms with Crippen LogP contribution in [0, 0.1) is 5.92 Å². The van der Waals surface area contributed by atoms with E-state index in [1.165, 1.54) is 22.7 Å². The van der Waals surface area contributed by atoms with Crippen LogP contribution in [0.25, 0.3) is 22.3 Å². The fourth-order valence-electron chi connectivity index (χ4n) is 8.38. The van der Waals surface area contributed by atoms with Gasteiger partial charge in [0.05, 0.1) is 24.9 Å². The van der Waals surface area contributed by atoms with Crippen molar-refractivity contribution in [1.29, 1.82) is 0 Å². The number of hydrogen-bond acceptors (Lipinski definition) is 11. The van der Waals surface area contributed by atoms with Crippen molar-refractivity contribution in [3.63, 3.8) is 0 Å². The number of aliphatic carboxylic acids is 1. The van der Waals surface area contributed by atoms with Crippen molar-refractivity contribution in [1.82, 2.24) is 25.5 Å². The number of amides is 3. The summed E-state index contributed by atoms with van der Waals surface area (Å²) < 4.78 is 17.9. The van der Waals surface area contributed by atoms with Crippen molar-refractivity contribution < 1.29 is 38.5 Å². The summed E-state index contributed by atoms with van der Waals surface area (Å²) >= 11 is 1.52. The van der Waals surface area contributed by atoms with E-state index in [2.05, 4.69) is 16.0 Å². The molecule has 4 N–H and O–H groups in total. The predicted molar refractivity (Wildman–Crippen MR) is 210 cm³/mol. The zero-order valence-electron chi connectivity index (χ0n) is 31.7. The zero-order valence-corrected chi connectivity index (χ0v) is 32.5. The van der Waals surface area contributed by atoms with Gasteiger partial charge in [-0.25, -0.2) is 19.6 Å². The molecule has 4 fully saturated rings. The van der Waals surface area contributed by atoms with Crippen LogP contribution < -0.4 is 25.4 Å². The van der Waals surface area contributed by atoms with Crippen molar-refractivity contribution in [2.45, 2.75) is 126 Å². The molecule has 4 heterocycles. The van der Waals surface area contributed by atoms with Gasteiger partial charge in [0.1, 0.15) is 47.0 Å². The Hall–Kier alpha value is -4.92. The lowest BCUT2D eigenvalue weighted by atomic mass is 9.93. The molecule has 5 aliphatic rings. The van der Waals surface area contributed by atoms with E-state index in [0.29, 0.717) is 52.7 Å². The second-order valence-electron chi connectivity index (χ2n) is 15.8. The molecular formula is C41H50N6O8S. The smallest absolute Gasteiger partial charge is 0.408 e. The molecule has 8 rings (SSSR count). The van der Waals surface area contributed by atoms with E-state index in [-0.39, 0.29) is 31.4 Å². The molecule has 56 heavy (non-hydrogen) atoms. The van der Waals surface area contributed by atoms with Crippen LogP contribution in [0.3, 0.4) is 0 Å². The third-order valence-corrected chi connectivity index (χ3v) is 12.7. The van der Waals surface area contributed by atoms with Crippen LogP contribution in [0.5, 0.6) is 11.5 Å². The van der Waals surface area contributed by atoms with E-state index in [9.17, 15) is 24.3 Å². The first-order chi connectivity index (χ1) is 27.2. The SMILES string of the molecule is COc1ccc2c(O[C@@H]3C[C@H]4C(=O)NC5(C(=O)O)CC5/C=C\CCCCC[C@H](NC(=O)OC5CCCC5)C(=O)N4C3)cc(-c3csc(NC4CCC4)n3)nc2c1. The van der Waals surface area contributed by atoms with Crippen LogP contribution in [0.1, 0.15) is 89.9 Å². The number of fused-ring (bicyclic) bond motifs is 3. The maximum atomic E-state index is 14.6. The monoisotopic (exact) mass is 786 g/mol. The fourth-order valence-corrected chi connectivity index (χ4v) is 9.16. The number of alkyl carbamates (subject to hydrolysis) is 1. The van der Waals surface area contributed by atoms with Crippen LogP contribution in [0.15, 0.2) is 41.8 Å². The average Bonchev–Trinajstić information content (AvgIpc) is 3.61. The Morgan fingerprint density at radius 2 is 1.80 bits per heavy atom. The van der Waals surface area contributed by atoms with Gasteiger partial charge in [0, 0.05) is 41.3 Å². The Morgan fingerprint density at radius 1 is 0.982 bits per heavy atom. The highest BCUT2D eigenvalue weighted by Crippen LogP contribution is 2.45. The van der Waals surface area contributed by atoms with E-state index in [1.807, 2.05) is 41.8 Å². The molecule has 3 aromatic rings. The molecule has 0 radical (unpaired) electrons. The summed E-state index contributed by atoms with van der Waals surface area (Å²) in [5, 5.41) is 22.9. The summed E-state index contributed by atoms with van der Waals surface area (Å²) in [7, 11) is 1.59. The molecular weight excluding hydrogens is 737 g/mol. The van der Waals surface area contributed by atoms with Gasteiger partial charge in [0.2, 0.25) is 11.8 Å². The van der Waals surface area contributed by atoms with Crippen molar-refractivity contribution in [3.05, 3.63) is 41.8 Å². The van der Waals surface area contributed by atoms with E-state index < -0.39 is 47.6 Å². The number of ether oxygens (including phenoxy) is 3. The lowest BCUT2D eigenvalue weighted by Gasteiger charge is -2.29. The Balaban J connectivity index is 1.09. The largest absolute Gasteiger partial charge is 0.497 e. The minimum absolute atomic E-state index is 0.0393. The summed E-state index contributed by atoms with van der Waals surface area (Å²) in [4.78, 5) is 65.7. The molecule has 2 aromatic heterocycles. The molecule has 298 valence electrons. The lowest BCUT2D eigenvalue weighted by Crippen LogP contribution is -2.56. The van der Waals surface area contributed by atoms with Crippen molar-refractivity contribution in [2.75, 3.05) is 19.0 Å². The standard InChI is InChI=1S/C41H50N6O8S/c1-53-27-16-17-29-31(18-27)43-32(33-23-56-39(44-33)42-25-11-9-12-25)20-35(29)54-28-19-34-36(48)46-41(38(50)51)21-24(41)10-5-3-2-4-6-15-30(37(49)47(34)22-28)45-40(52)55-26-13-7-8-14-26/h5,10,16-18,20,23-26,28,30,34H,2-4,6-9,11-15,19,21-22H2,1H3,(H,42,44)(H,45,52)(H,46,48)(H,50,51)/b10-5-/t24?,28-,30+,34+,41?/m1/s1. The molecule has 15 heteroatoms. The number of allylic oxidation sites excluding steroid dienone is 1. The fraction of sp³-hybridized carbons (Fsp3) is 0.561. The van der Waals surface area contributed by atoms with Gasteiger partial charge >= 0.3 is 12.1 Å². The molecule has 5 atom stereocenters. The molecule has 2 unspecified atom stereocenters. The van der Waals surface area contributed by atoms with E-state index >= 15 is 0 Å². The van der Waals surface area contributed by atoms with E-state index in [4.69, 9.17) is 24.2 Å². The number of pyridine rings is 1. The van der Waals surface area contributed by atoms with Gasteiger partial charge in [-0.15, -0.1) is 11.3 Å². The van der Waals surface area contributed by atoms with Crippen molar-refractivity contribution in [3.8, 4) is 22.9 Å². The number of benzene rings is 1. The van der Waals surface area contributed by atoms with Gasteiger partial charge in [0.15, 0.2) is 5.13 Å². The van der Waals surface area contributed by atoms with Crippen molar-refractivity contribution >= 4 is 51.2 Å². The highest BCUT2D eigenvalue weighted by Gasteiger charge is 2.61. The minimum atomic E-state index is -1.45. The first-order valence-electron chi connectivity index (χ1n) is 20.1. The Labute approximate surface area is 329 Å².